The van der Waals surface area contributed by atoms with E-state index in [1.165, 1.54) is 18.4 Å². The molecule has 1 fully saturated rings. The number of rotatable bonds is 3. The van der Waals surface area contributed by atoms with Gasteiger partial charge in [-0.3, -0.25) is 0 Å². The van der Waals surface area contributed by atoms with Gasteiger partial charge in [0.2, 0.25) is 0 Å². The van der Waals surface area contributed by atoms with Crippen LogP contribution in [0.3, 0.4) is 0 Å². The lowest BCUT2D eigenvalue weighted by Crippen LogP contribution is -2.32. The highest BCUT2D eigenvalue weighted by molar-refractivity contribution is 5.45. The molecule has 1 N–H and O–H groups in total. The van der Waals surface area contributed by atoms with Crippen molar-refractivity contribution >= 4 is 0 Å². The third kappa shape index (κ3) is 2.44. The Balaban J connectivity index is 1.79. The van der Waals surface area contributed by atoms with Crippen molar-refractivity contribution in [1.82, 2.24) is 5.32 Å². The Labute approximate surface area is 115 Å². The number of hydrogen-bond acceptors (Lipinski definition) is 3. The Hall–Kier alpha value is -1.22. The highest BCUT2D eigenvalue weighted by atomic mass is 16.6. The van der Waals surface area contributed by atoms with Gasteiger partial charge in [-0.05, 0) is 48.9 Å². The van der Waals surface area contributed by atoms with Crippen LogP contribution in [-0.2, 0) is 0 Å². The highest BCUT2D eigenvalue weighted by Crippen LogP contribution is 2.42. The van der Waals surface area contributed by atoms with Crippen LogP contribution in [0.15, 0.2) is 18.2 Å². The van der Waals surface area contributed by atoms with Gasteiger partial charge in [0, 0.05) is 6.04 Å². The molecule has 1 heterocycles. The van der Waals surface area contributed by atoms with Crippen molar-refractivity contribution in [2.45, 2.75) is 38.6 Å². The maximum atomic E-state index is 5.69. The van der Waals surface area contributed by atoms with Crippen LogP contribution in [-0.4, -0.2) is 25.8 Å². The summed E-state index contributed by atoms with van der Waals surface area (Å²) < 4.78 is 11.3. The lowest BCUT2D eigenvalue weighted by molar-refractivity contribution is 0.171. The highest BCUT2D eigenvalue weighted by Gasteiger charge is 2.33. The fourth-order valence-electron chi connectivity index (χ4n) is 3.48. The minimum absolute atomic E-state index is 0.639. The van der Waals surface area contributed by atoms with Gasteiger partial charge in [0.15, 0.2) is 11.5 Å². The zero-order chi connectivity index (χ0) is 13.2. The monoisotopic (exact) mass is 261 g/mol. The predicted octanol–water partition coefficient (Wildman–Crippen LogP) is 2.95. The first-order chi connectivity index (χ1) is 9.29. The first kappa shape index (κ1) is 12.8. The summed E-state index contributed by atoms with van der Waals surface area (Å²) in [6.07, 6.45) is 2.53. The number of benzene rings is 1. The molecular formula is C16H23NO2. The first-order valence-corrected chi connectivity index (χ1v) is 7.42. The first-order valence-electron chi connectivity index (χ1n) is 7.42. The molecule has 3 nitrogen and oxygen atoms in total. The third-order valence-corrected chi connectivity index (χ3v) is 4.52. The number of hydrogen-bond donors (Lipinski definition) is 1. The summed E-state index contributed by atoms with van der Waals surface area (Å²) in [5.74, 6) is 3.13. The van der Waals surface area contributed by atoms with Crippen molar-refractivity contribution < 1.29 is 9.47 Å². The van der Waals surface area contributed by atoms with Crippen molar-refractivity contribution in [1.29, 1.82) is 0 Å². The second kappa shape index (κ2) is 5.41. The van der Waals surface area contributed by atoms with Crippen LogP contribution in [0.1, 0.15) is 38.2 Å². The fourth-order valence-corrected chi connectivity index (χ4v) is 3.48. The summed E-state index contributed by atoms with van der Waals surface area (Å²) in [5.41, 5.74) is 1.40. The molecular weight excluding hydrogens is 238 g/mol. The van der Waals surface area contributed by atoms with E-state index in [-0.39, 0.29) is 0 Å². The van der Waals surface area contributed by atoms with Crippen molar-refractivity contribution in [3.8, 4) is 11.5 Å². The van der Waals surface area contributed by atoms with E-state index in [4.69, 9.17) is 9.47 Å². The van der Waals surface area contributed by atoms with Crippen LogP contribution >= 0.6 is 0 Å². The molecule has 0 aromatic heterocycles. The Bertz CT molecular complexity index is 446. The Morgan fingerprint density at radius 1 is 1.16 bits per heavy atom. The van der Waals surface area contributed by atoms with Crippen molar-refractivity contribution in [2.24, 2.45) is 5.92 Å². The summed E-state index contributed by atoms with van der Waals surface area (Å²) in [6, 6.07) is 7.12. The predicted molar refractivity (Wildman–Crippen MR) is 76.0 cm³/mol. The van der Waals surface area contributed by atoms with Crippen LogP contribution in [0.4, 0.5) is 0 Å². The number of nitrogens with one attached hydrogen (secondary N) is 1. The van der Waals surface area contributed by atoms with Gasteiger partial charge < -0.3 is 14.8 Å². The second-order valence-electron chi connectivity index (χ2n) is 5.61. The molecule has 0 bridgehead atoms. The van der Waals surface area contributed by atoms with Gasteiger partial charge in [0.1, 0.15) is 13.2 Å². The maximum Gasteiger partial charge on any atom is 0.161 e. The summed E-state index contributed by atoms with van der Waals surface area (Å²) in [6.45, 7) is 6.93. The van der Waals surface area contributed by atoms with E-state index in [1.807, 2.05) is 0 Å². The Morgan fingerprint density at radius 3 is 2.74 bits per heavy atom. The molecule has 3 rings (SSSR count). The normalized spacial score (nSPS) is 29.5. The minimum Gasteiger partial charge on any atom is -0.486 e. The largest absolute Gasteiger partial charge is 0.486 e. The van der Waals surface area contributed by atoms with E-state index in [2.05, 4.69) is 37.4 Å². The third-order valence-electron chi connectivity index (χ3n) is 4.52. The maximum absolute atomic E-state index is 5.69. The van der Waals surface area contributed by atoms with E-state index < -0.39 is 0 Å². The SMILES string of the molecule is CCNC1CCC(c2ccc3c(c2)OCCO3)C1C. The molecule has 3 atom stereocenters. The van der Waals surface area contributed by atoms with Crippen LogP contribution < -0.4 is 14.8 Å². The second-order valence-corrected chi connectivity index (χ2v) is 5.61. The van der Waals surface area contributed by atoms with Crippen molar-refractivity contribution in [3.05, 3.63) is 23.8 Å². The van der Waals surface area contributed by atoms with Gasteiger partial charge in [-0.25, -0.2) is 0 Å². The van der Waals surface area contributed by atoms with Gasteiger partial charge in [0.25, 0.3) is 0 Å². The zero-order valence-corrected chi connectivity index (χ0v) is 11.8. The zero-order valence-electron chi connectivity index (χ0n) is 11.8. The van der Waals surface area contributed by atoms with Gasteiger partial charge >= 0.3 is 0 Å². The molecule has 3 unspecified atom stereocenters. The topological polar surface area (TPSA) is 30.5 Å². The van der Waals surface area contributed by atoms with E-state index in [0.29, 0.717) is 31.1 Å². The number of ether oxygens (including phenoxy) is 2. The molecule has 3 heteroatoms. The minimum atomic E-state index is 0.639. The number of fused-ring (bicyclic) bond motifs is 1. The standard InChI is InChI=1S/C16H23NO2/c1-3-17-14-6-5-13(11(14)2)12-4-7-15-16(10-12)19-9-8-18-15/h4,7,10-11,13-14,17H,3,5-6,8-9H2,1-2H3. The fraction of sp³-hybridized carbons (Fsp3) is 0.625. The van der Waals surface area contributed by atoms with Gasteiger partial charge in [-0.15, -0.1) is 0 Å². The van der Waals surface area contributed by atoms with Gasteiger partial charge in [-0.2, -0.15) is 0 Å². The van der Waals surface area contributed by atoms with E-state index in [0.717, 1.165) is 18.0 Å². The van der Waals surface area contributed by atoms with Crippen LogP contribution in [0.25, 0.3) is 0 Å². The van der Waals surface area contributed by atoms with E-state index in [1.54, 1.807) is 0 Å². The molecule has 1 saturated carbocycles. The lowest BCUT2D eigenvalue weighted by atomic mass is 9.88. The summed E-state index contributed by atoms with van der Waals surface area (Å²) in [7, 11) is 0. The molecule has 2 aliphatic rings. The van der Waals surface area contributed by atoms with E-state index >= 15 is 0 Å². The van der Waals surface area contributed by atoms with Crippen molar-refractivity contribution in [2.75, 3.05) is 19.8 Å². The molecule has 104 valence electrons. The summed E-state index contributed by atoms with van der Waals surface area (Å²) in [4.78, 5) is 0. The van der Waals surface area contributed by atoms with Crippen LogP contribution in [0.5, 0.6) is 11.5 Å². The molecule has 0 amide bonds. The van der Waals surface area contributed by atoms with Gasteiger partial charge in [-0.1, -0.05) is 19.9 Å². The Kier molecular flexibility index (Phi) is 3.65. The molecule has 0 radical (unpaired) electrons. The smallest absolute Gasteiger partial charge is 0.161 e. The van der Waals surface area contributed by atoms with Gasteiger partial charge in [0.05, 0.1) is 0 Å². The molecule has 0 saturated heterocycles. The van der Waals surface area contributed by atoms with Crippen LogP contribution in [0.2, 0.25) is 0 Å². The average molecular weight is 261 g/mol. The van der Waals surface area contributed by atoms with E-state index in [9.17, 15) is 0 Å². The van der Waals surface area contributed by atoms with Crippen molar-refractivity contribution in [3.63, 3.8) is 0 Å². The quantitative estimate of drug-likeness (QED) is 0.907. The lowest BCUT2D eigenvalue weighted by Gasteiger charge is -2.24. The average Bonchev–Trinajstić information content (AvgIpc) is 2.80. The molecule has 1 aliphatic heterocycles. The van der Waals surface area contributed by atoms with Crippen LogP contribution in [0, 0.1) is 5.92 Å². The molecule has 0 spiro atoms. The molecule has 1 aromatic rings. The molecule has 19 heavy (non-hydrogen) atoms. The molecule has 1 aromatic carbocycles. The molecule has 1 aliphatic carbocycles. The summed E-state index contributed by atoms with van der Waals surface area (Å²) >= 11 is 0. The Morgan fingerprint density at radius 2 is 1.95 bits per heavy atom. The summed E-state index contributed by atoms with van der Waals surface area (Å²) in [5, 5.41) is 3.60.